The summed E-state index contributed by atoms with van der Waals surface area (Å²) in [4.78, 5) is 0. The van der Waals surface area contributed by atoms with Gasteiger partial charge >= 0.3 is 201 Å². The van der Waals surface area contributed by atoms with Crippen LogP contribution in [0.25, 0.3) is 11.1 Å². The topological polar surface area (TPSA) is 0 Å². The number of fused-ring (bicyclic) bond motifs is 2. The Hall–Kier alpha value is -0.980. The van der Waals surface area contributed by atoms with Crippen LogP contribution in [0.4, 0.5) is 0 Å². The summed E-state index contributed by atoms with van der Waals surface area (Å²) in [6.45, 7) is 9.53. The number of allylic oxidation sites excluding steroid dienone is 4. The second-order valence-corrected chi connectivity index (χ2v) is 49.9. The van der Waals surface area contributed by atoms with E-state index in [0.717, 1.165) is 7.25 Å². The minimum atomic E-state index is -3.31. The third-order valence-corrected chi connectivity index (χ3v) is 28.7. The normalized spacial score (nSPS) is 21.6. The summed E-state index contributed by atoms with van der Waals surface area (Å²) in [5.41, 5.74) is 13.6. The van der Waals surface area contributed by atoms with Crippen LogP contribution in [0.5, 0.6) is 0 Å². The van der Waals surface area contributed by atoms with Crippen LogP contribution in [-0.4, -0.2) is 7.37 Å². The Morgan fingerprint density at radius 3 is 1.38 bits per heavy atom. The predicted molar refractivity (Wildman–Crippen MR) is 144 cm³/mol. The van der Waals surface area contributed by atoms with Crippen molar-refractivity contribution >= 4 is 18.5 Å². The molecule has 0 N–H and O–H groups in total. The Bertz CT molecular complexity index is 996. The van der Waals surface area contributed by atoms with Crippen molar-refractivity contribution in [2.24, 2.45) is 0 Å². The molecule has 0 radical (unpaired) electrons. The molecule has 171 valence electrons. The number of rotatable bonds is 8. The molecule has 2 heteroatoms. The Kier molecular flexibility index (Phi) is 6.79. The summed E-state index contributed by atoms with van der Waals surface area (Å²) in [5, 5.41) is 0. The van der Waals surface area contributed by atoms with Crippen molar-refractivity contribution in [2.75, 3.05) is 0 Å². The van der Waals surface area contributed by atoms with Crippen molar-refractivity contribution < 1.29 is 17.9 Å². The van der Waals surface area contributed by atoms with Gasteiger partial charge in [0.2, 0.25) is 0 Å². The Morgan fingerprint density at radius 2 is 1.03 bits per heavy atom. The first-order valence-electron chi connectivity index (χ1n) is 13.1. The van der Waals surface area contributed by atoms with E-state index >= 15 is 0 Å². The van der Waals surface area contributed by atoms with Crippen LogP contribution in [0.3, 0.4) is 0 Å². The van der Waals surface area contributed by atoms with Crippen molar-refractivity contribution in [3.05, 3.63) is 81.9 Å². The molecule has 0 saturated heterocycles. The van der Waals surface area contributed by atoms with E-state index in [4.69, 9.17) is 0 Å². The van der Waals surface area contributed by atoms with Crippen molar-refractivity contribution in [2.45, 2.75) is 82.7 Å². The third kappa shape index (κ3) is 3.65. The summed E-state index contributed by atoms with van der Waals surface area (Å²) in [7, 11) is 1.35. The first kappa shape index (κ1) is 24.2. The fraction of sp³-hybridized carbons (Fsp3) is 0.467. The van der Waals surface area contributed by atoms with E-state index in [1.807, 2.05) is 11.1 Å². The van der Waals surface area contributed by atoms with Crippen molar-refractivity contribution in [3.8, 4) is 0 Å². The average molecular weight is 523 g/mol. The van der Waals surface area contributed by atoms with Crippen LogP contribution in [0.2, 0.25) is 9.26 Å². The molecule has 2 atom stereocenters. The van der Waals surface area contributed by atoms with Gasteiger partial charge in [-0.15, -0.1) is 0 Å². The summed E-state index contributed by atoms with van der Waals surface area (Å²) in [6, 6.07) is 19.0. The Labute approximate surface area is 200 Å². The monoisotopic (exact) mass is 521 g/mol. The third-order valence-electron chi connectivity index (χ3n) is 8.48. The molecule has 2 aliphatic rings. The number of benzene rings is 2. The van der Waals surface area contributed by atoms with E-state index in [1.165, 1.54) is 45.9 Å². The van der Waals surface area contributed by atoms with Gasteiger partial charge in [0.25, 0.3) is 0 Å². The molecular formula is C30H43SiZr. The molecule has 2 aromatic rings. The number of hydrogen-bond acceptors (Lipinski definition) is 0. The van der Waals surface area contributed by atoms with Gasteiger partial charge in [0.1, 0.15) is 0 Å². The van der Waals surface area contributed by atoms with Gasteiger partial charge in [-0.2, -0.15) is 0 Å². The van der Waals surface area contributed by atoms with E-state index in [9.17, 15) is 0 Å². The minimum absolute atomic E-state index is 0.718. The molecular weight excluding hydrogens is 480 g/mol. The van der Waals surface area contributed by atoms with Crippen LogP contribution < -0.4 is 0 Å². The first-order chi connectivity index (χ1) is 15.3. The van der Waals surface area contributed by atoms with Crippen LogP contribution in [0.15, 0.2) is 59.7 Å². The zero-order valence-corrected chi connectivity index (χ0v) is 26.0. The van der Waals surface area contributed by atoms with Crippen LogP contribution in [0.1, 0.15) is 95.7 Å². The molecule has 2 aromatic carbocycles. The van der Waals surface area contributed by atoms with E-state index in [-0.39, 0.29) is 0 Å². The van der Waals surface area contributed by atoms with E-state index in [0.29, 0.717) is 0 Å². The van der Waals surface area contributed by atoms with Gasteiger partial charge in [0.05, 0.1) is 0 Å². The van der Waals surface area contributed by atoms with Gasteiger partial charge in [-0.05, 0) is 0 Å². The van der Waals surface area contributed by atoms with E-state index < -0.39 is 17.9 Å². The van der Waals surface area contributed by atoms with Crippen molar-refractivity contribution in [1.82, 2.24) is 0 Å². The van der Waals surface area contributed by atoms with Crippen LogP contribution >= 0.6 is 0 Å². The molecule has 32 heavy (non-hydrogen) atoms. The van der Waals surface area contributed by atoms with Crippen LogP contribution in [-0.2, 0) is 17.9 Å². The van der Waals surface area contributed by atoms with E-state index in [2.05, 4.69) is 85.5 Å². The maximum absolute atomic E-state index is 3.31. The predicted octanol–water partition coefficient (Wildman–Crippen LogP) is 8.49. The van der Waals surface area contributed by atoms with Gasteiger partial charge in [-0.3, -0.25) is 0 Å². The molecule has 0 aliphatic heterocycles. The maximum atomic E-state index is 2.86. The fourth-order valence-corrected chi connectivity index (χ4v) is 30.6. The fourth-order valence-electron chi connectivity index (χ4n) is 7.61. The van der Waals surface area contributed by atoms with Gasteiger partial charge in [0, 0.05) is 0 Å². The number of hydrogen-bond donors (Lipinski definition) is 0. The summed E-state index contributed by atoms with van der Waals surface area (Å²) in [5.74, 6) is 0. The van der Waals surface area contributed by atoms with Gasteiger partial charge in [-0.25, -0.2) is 0 Å². The van der Waals surface area contributed by atoms with E-state index in [1.54, 1.807) is 33.4 Å². The Morgan fingerprint density at radius 1 is 0.656 bits per heavy atom. The molecule has 0 amide bonds. The van der Waals surface area contributed by atoms with Gasteiger partial charge < -0.3 is 0 Å². The quantitative estimate of drug-likeness (QED) is 0.305. The second-order valence-electron chi connectivity index (χ2n) is 11.7. The van der Waals surface area contributed by atoms with Gasteiger partial charge in [0.15, 0.2) is 0 Å². The molecule has 0 saturated carbocycles. The van der Waals surface area contributed by atoms with Crippen LogP contribution in [0, 0.1) is 0 Å². The molecule has 4 rings (SSSR count). The molecule has 0 spiro atoms. The molecule has 0 heterocycles. The molecule has 0 bridgehead atoms. The summed E-state index contributed by atoms with van der Waals surface area (Å²) in [6.07, 6.45) is 7.42. The molecule has 0 aromatic heterocycles. The molecule has 2 unspecified atom stereocenters. The summed E-state index contributed by atoms with van der Waals surface area (Å²) >= 11 is -3.31. The zero-order chi connectivity index (χ0) is 23.1. The SMILES string of the molecule is CCCC1=C(CC)c2ccccc2[CH]1[Zr]([CH3])([CH3])([SiH3])[CH]1C(CCC)=C(CC)c2ccccc21. The van der Waals surface area contributed by atoms with Crippen molar-refractivity contribution in [3.63, 3.8) is 0 Å². The average Bonchev–Trinajstić information content (AvgIpc) is 3.27. The standard InChI is InChI=1S/2C14H17.2CH3.H3Si.Zr/c2*1-3-7-11-10-12-8-5-6-9-14(12)13(11)4-2;;;;/h2*5-6,8-10H,3-4,7H2,1-2H3;3*1H3;. The molecule has 2 aliphatic carbocycles. The first-order valence-corrected chi connectivity index (χ1v) is 29.3. The molecule has 0 fully saturated rings. The molecule has 0 nitrogen and oxygen atoms in total. The van der Waals surface area contributed by atoms with Gasteiger partial charge in [-0.1, -0.05) is 0 Å². The zero-order valence-electron chi connectivity index (χ0n) is 21.5. The second kappa shape index (κ2) is 8.99. The Balaban J connectivity index is 2.00. The summed E-state index contributed by atoms with van der Waals surface area (Å²) < 4.78 is 7.16. The van der Waals surface area contributed by atoms with Crippen molar-refractivity contribution in [1.29, 1.82) is 0 Å².